The van der Waals surface area contributed by atoms with Crippen molar-refractivity contribution in [1.29, 1.82) is 0 Å². The molecule has 0 aromatic heterocycles. The Labute approximate surface area is 194 Å². The normalized spacial score (nSPS) is 23.4. The van der Waals surface area contributed by atoms with Gasteiger partial charge in [0.2, 0.25) is 0 Å². The lowest BCUT2D eigenvalue weighted by molar-refractivity contribution is -0.384. The van der Waals surface area contributed by atoms with Crippen LogP contribution in [0.4, 0.5) is 5.69 Å². The Kier molecular flexibility index (Phi) is 5.66. The molecule has 2 unspecified atom stereocenters. The molecule has 3 aliphatic rings. The number of nitrogens with zero attached hydrogens (tertiary/aromatic N) is 2. The van der Waals surface area contributed by atoms with E-state index in [9.17, 15) is 24.8 Å². The number of aliphatic hydroxyl groups excluding tert-OH is 1. The van der Waals surface area contributed by atoms with Gasteiger partial charge in [-0.15, -0.1) is 0 Å². The second-order valence-corrected chi connectivity index (χ2v) is 8.30. The molecule has 0 saturated carbocycles. The third kappa shape index (κ3) is 3.86. The van der Waals surface area contributed by atoms with E-state index in [1.54, 1.807) is 24.3 Å². The number of fused-ring (bicyclic) bond motifs is 1. The first kappa shape index (κ1) is 21.9. The summed E-state index contributed by atoms with van der Waals surface area (Å²) in [5.41, 5.74) is 0.306. The summed E-state index contributed by atoms with van der Waals surface area (Å²) in [7, 11) is 0. The number of hydrogen-bond acceptors (Lipinski definition) is 8. The molecule has 2 atom stereocenters. The minimum atomic E-state index is -1.00. The number of likely N-dealkylation sites (tertiary alicyclic amines) is 1. The van der Waals surface area contributed by atoms with Crippen LogP contribution in [0.1, 0.15) is 30.0 Å². The van der Waals surface area contributed by atoms with Gasteiger partial charge in [-0.25, -0.2) is 0 Å². The van der Waals surface area contributed by atoms with Crippen molar-refractivity contribution in [1.82, 2.24) is 4.90 Å². The second-order valence-electron chi connectivity index (χ2n) is 8.30. The molecule has 10 nitrogen and oxygen atoms in total. The fraction of sp³-hybridized carbons (Fsp3) is 0.333. The molecule has 5 rings (SSSR count). The first-order valence-corrected chi connectivity index (χ1v) is 11.0. The van der Waals surface area contributed by atoms with Crippen molar-refractivity contribution < 1.29 is 33.8 Å². The van der Waals surface area contributed by atoms with Crippen LogP contribution in [0.5, 0.6) is 11.5 Å². The molecule has 10 heteroatoms. The molecule has 2 aromatic carbocycles. The number of nitro groups is 1. The van der Waals surface area contributed by atoms with E-state index in [4.69, 9.17) is 14.2 Å². The summed E-state index contributed by atoms with van der Waals surface area (Å²) in [4.78, 5) is 38.4. The molecule has 2 aromatic rings. The van der Waals surface area contributed by atoms with E-state index in [0.717, 1.165) is 12.8 Å². The van der Waals surface area contributed by atoms with Crippen LogP contribution in [-0.4, -0.2) is 59.1 Å². The lowest BCUT2D eigenvalue weighted by Gasteiger charge is -2.27. The lowest BCUT2D eigenvalue weighted by atomic mass is 9.94. The number of carbonyl (C=O) groups excluding carboxylic acids is 2. The maximum atomic E-state index is 13.2. The van der Waals surface area contributed by atoms with E-state index in [0.29, 0.717) is 36.9 Å². The summed E-state index contributed by atoms with van der Waals surface area (Å²) in [6.45, 7) is 1.44. The van der Waals surface area contributed by atoms with Crippen LogP contribution in [0.3, 0.4) is 0 Å². The van der Waals surface area contributed by atoms with Gasteiger partial charge in [0.25, 0.3) is 17.4 Å². The Bertz CT molecular complexity index is 1200. The van der Waals surface area contributed by atoms with Gasteiger partial charge in [0.15, 0.2) is 11.5 Å². The molecule has 2 saturated heterocycles. The molecule has 1 amide bonds. The Hall–Kier alpha value is -3.92. The quantitative estimate of drug-likeness (QED) is 0.234. The van der Waals surface area contributed by atoms with Gasteiger partial charge in [0.1, 0.15) is 19.0 Å². The Morgan fingerprint density at radius 1 is 1.09 bits per heavy atom. The predicted octanol–water partition coefficient (Wildman–Crippen LogP) is 2.97. The number of ether oxygens (including phenoxy) is 3. The van der Waals surface area contributed by atoms with Gasteiger partial charge >= 0.3 is 0 Å². The number of nitro benzene ring substituents is 1. The third-order valence-electron chi connectivity index (χ3n) is 6.18. The van der Waals surface area contributed by atoms with Gasteiger partial charge in [0.05, 0.1) is 22.6 Å². The van der Waals surface area contributed by atoms with E-state index in [1.807, 2.05) is 0 Å². The summed E-state index contributed by atoms with van der Waals surface area (Å²) < 4.78 is 16.8. The third-order valence-corrected chi connectivity index (χ3v) is 6.18. The van der Waals surface area contributed by atoms with Crippen LogP contribution >= 0.6 is 0 Å². The van der Waals surface area contributed by atoms with Crippen molar-refractivity contribution in [3.63, 3.8) is 0 Å². The van der Waals surface area contributed by atoms with Gasteiger partial charge in [-0.1, -0.05) is 12.1 Å². The molecule has 176 valence electrons. The van der Waals surface area contributed by atoms with Gasteiger partial charge in [-0.2, -0.15) is 0 Å². The van der Waals surface area contributed by atoms with Gasteiger partial charge in [-0.3, -0.25) is 19.7 Å². The molecule has 3 heterocycles. The van der Waals surface area contributed by atoms with Crippen LogP contribution in [0.25, 0.3) is 5.76 Å². The van der Waals surface area contributed by atoms with Gasteiger partial charge in [0, 0.05) is 30.8 Å². The SMILES string of the molecule is O=C1C(=O)N(CC2CCCO2)C(c2cccc([N+](=O)[O-])c2)C1=C(O)c1ccc2c(c1)OCCO2. The lowest BCUT2D eigenvalue weighted by Crippen LogP contribution is -2.36. The zero-order valence-corrected chi connectivity index (χ0v) is 18.1. The van der Waals surface area contributed by atoms with Crippen molar-refractivity contribution >= 4 is 23.1 Å². The number of benzene rings is 2. The summed E-state index contributed by atoms with van der Waals surface area (Å²) in [5, 5.41) is 22.6. The first-order chi connectivity index (χ1) is 16.4. The summed E-state index contributed by atoms with van der Waals surface area (Å²) in [6.07, 6.45) is 1.31. The fourth-order valence-corrected chi connectivity index (χ4v) is 4.58. The summed E-state index contributed by atoms with van der Waals surface area (Å²) >= 11 is 0. The molecule has 0 radical (unpaired) electrons. The maximum Gasteiger partial charge on any atom is 0.295 e. The van der Waals surface area contributed by atoms with E-state index in [-0.39, 0.29) is 35.2 Å². The highest BCUT2D eigenvalue weighted by molar-refractivity contribution is 6.46. The highest BCUT2D eigenvalue weighted by Crippen LogP contribution is 2.42. The van der Waals surface area contributed by atoms with Crippen molar-refractivity contribution in [2.45, 2.75) is 25.0 Å². The van der Waals surface area contributed by atoms with E-state index in [2.05, 4.69) is 0 Å². The largest absolute Gasteiger partial charge is 0.507 e. The average Bonchev–Trinajstić information content (AvgIpc) is 3.46. The zero-order valence-electron chi connectivity index (χ0n) is 18.1. The smallest absolute Gasteiger partial charge is 0.295 e. The highest BCUT2D eigenvalue weighted by Gasteiger charge is 2.47. The number of non-ortho nitro benzene ring substituents is 1. The zero-order chi connectivity index (χ0) is 23.8. The second kappa shape index (κ2) is 8.79. The maximum absolute atomic E-state index is 13.2. The number of amides is 1. The van der Waals surface area contributed by atoms with Crippen molar-refractivity contribution in [2.75, 3.05) is 26.4 Å². The molecular formula is C24H22N2O8. The monoisotopic (exact) mass is 466 g/mol. The molecule has 0 spiro atoms. The fourth-order valence-electron chi connectivity index (χ4n) is 4.58. The molecule has 1 N–H and O–H groups in total. The van der Waals surface area contributed by atoms with Crippen LogP contribution in [-0.2, 0) is 14.3 Å². The topological polar surface area (TPSA) is 128 Å². The van der Waals surface area contributed by atoms with E-state index >= 15 is 0 Å². The Morgan fingerprint density at radius 3 is 2.62 bits per heavy atom. The number of rotatable bonds is 5. The Morgan fingerprint density at radius 2 is 1.88 bits per heavy atom. The molecule has 2 fully saturated rings. The van der Waals surface area contributed by atoms with E-state index in [1.165, 1.54) is 23.1 Å². The predicted molar refractivity (Wildman–Crippen MR) is 119 cm³/mol. The highest BCUT2D eigenvalue weighted by atomic mass is 16.6. The number of hydrogen-bond donors (Lipinski definition) is 1. The van der Waals surface area contributed by atoms with Crippen molar-refractivity contribution in [3.8, 4) is 11.5 Å². The molecule has 3 aliphatic heterocycles. The van der Waals surface area contributed by atoms with Gasteiger partial charge < -0.3 is 24.2 Å². The van der Waals surface area contributed by atoms with Crippen LogP contribution in [0, 0.1) is 10.1 Å². The standard InChI is InChI=1S/C24H22N2O8/c27-22(15-6-7-18-19(12-15)34-10-9-33-18)20-21(14-3-1-4-16(11-14)26(30)31)25(24(29)23(20)28)13-17-5-2-8-32-17/h1,3-4,6-7,11-12,17,21,27H,2,5,8-10,13H2. The minimum absolute atomic E-state index is 0.135. The summed E-state index contributed by atoms with van der Waals surface area (Å²) in [5.74, 6) is -1.11. The van der Waals surface area contributed by atoms with Crippen LogP contribution in [0.2, 0.25) is 0 Å². The van der Waals surface area contributed by atoms with Crippen molar-refractivity contribution in [2.24, 2.45) is 0 Å². The number of ketones is 1. The Balaban J connectivity index is 1.62. The number of aliphatic hydroxyl groups is 1. The molecule has 0 aliphatic carbocycles. The van der Waals surface area contributed by atoms with Crippen LogP contribution < -0.4 is 9.47 Å². The molecular weight excluding hydrogens is 444 g/mol. The van der Waals surface area contributed by atoms with Crippen molar-refractivity contribution in [3.05, 3.63) is 69.3 Å². The minimum Gasteiger partial charge on any atom is -0.507 e. The van der Waals surface area contributed by atoms with Gasteiger partial charge in [-0.05, 0) is 36.6 Å². The number of Topliss-reactive ketones (excluding diaryl/α,β-unsaturated/α-hetero) is 1. The first-order valence-electron chi connectivity index (χ1n) is 11.0. The average molecular weight is 466 g/mol. The van der Waals surface area contributed by atoms with E-state index < -0.39 is 22.7 Å². The number of carbonyl (C=O) groups is 2. The molecule has 0 bridgehead atoms. The summed E-state index contributed by atoms with van der Waals surface area (Å²) in [6, 6.07) is 9.47. The molecule has 34 heavy (non-hydrogen) atoms. The van der Waals surface area contributed by atoms with Crippen LogP contribution in [0.15, 0.2) is 48.0 Å².